The van der Waals surface area contributed by atoms with Crippen molar-refractivity contribution in [2.75, 3.05) is 26.2 Å². The van der Waals surface area contributed by atoms with Gasteiger partial charge >= 0.3 is 0 Å². The second kappa shape index (κ2) is 11.2. The molecule has 3 aromatic carbocycles. The van der Waals surface area contributed by atoms with E-state index in [-0.39, 0.29) is 0 Å². The molecule has 4 nitrogen and oxygen atoms in total. The Labute approximate surface area is 185 Å². The summed E-state index contributed by atoms with van der Waals surface area (Å²) in [6, 6.07) is 30.9. The topological polar surface area (TPSA) is 30.9 Å². The summed E-state index contributed by atoms with van der Waals surface area (Å²) in [6.07, 6.45) is 0.853. The van der Waals surface area contributed by atoms with E-state index in [2.05, 4.69) is 41.3 Å². The zero-order valence-electron chi connectivity index (χ0n) is 18.0. The highest BCUT2D eigenvalue weighted by Crippen LogP contribution is 2.29. The maximum absolute atomic E-state index is 6.40. The highest BCUT2D eigenvalue weighted by Gasteiger charge is 2.40. The molecule has 0 aromatic heterocycles. The summed E-state index contributed by atoms with van der Waals surface area (Å²) in [6.45, 7) is 5.01. The molecular formula is C27H31NO3. The Balaban J connectivity index is 1.30. The largest absolute Gasteiger partial charge is 0.375 e. The molecule has 0 unspecified atom stereocenters. The summed E-state index contributed by atoms with van der Waals surface area (Å²) in [7, 11) is 0. The standard InChI is InChI=1S/C27H31NO3/c1-4-10-24(11-5-1)20-29-19-18-28-17-16-27(23-28,30-21-25-12-6-2-7-13-25)31-22-26-14-8-3-9-15-26/h1-15H,16-23H2. The van der Waals surface area contributed by atoms with E-state index in [0.717, 1.165) is 37.2 Å². The number of ether oxygens (including phenoxy) is 3. The van der Waals surface area contributed by atoms with Gasteiger partial charge in [0.25, 0.3) is 0 Å². The smallest absolute Gasteiger partial charge is 0.182 e. The van der Waals surface area contributed by atoms with Gasteiger partial charge in [-0.15, -0.1) is 0 Å². The number of rotatable bonds is 11. The van der Waals surface area contributed by atoms with Crippen molar-refractivity contribution in [2.24, 2.45) is 0 Å². The van der Waals surface area contributed by atoms with Gasteiger partial charge in [-0.25, -0.2) is 0 Å². The molecule has 0 N–H and O–H groups in total. The van der Waals surface area contributed by atoms with Crippen molar-refractivity contribution in [1.29, 1.82) is 0 Å². The third kappa shape index (κ3) is 6.74. The third-order valence-corrected chi connectivity index (χ3v) is 5.63. The molecule has 1 fully saturated rings. The minimum absolute atomic E-state index is 0.550. The van der Waals surface area contributed by atoms with Crippen LogP contribution in [0.25, 0.3) is 0 Å². The molecule has 0 amide bonds. The molecule has 4 heteroatoms. The van der Waals surface area contributed by atoms with E-state index in [0.29, 0.717) is 26.4 Å². The molecule has 4 rings (SSSR count). The van der Waals surface area contributed by atoms with Crippen molar-refractivity contribution < 1.29 is 14.2 Å². The minimum Gasteiger partial charge on any atom is -0.375 e. The van der Waals surface area contributed by atoms with Crippen LogP contribution in [0.5, 0.6) is 0 Å². The SMILES string of the molecule is c1ccc(COCCN2CCC(OCc3ccccc3)(OCc3ccccc3)C2)cc1. The van der Waals surface area contributed by atoms with Crippen molar-refractivity contribution in [3.8, 4) is 0 Å². The molecule has 0 aliphatic carbocycles. The van der Waals surface area contributed by atoms with E-state index >= 15 is 0 Å². The van der Waals surface area contributed by atoms with Gasteiger partial charge in [0.2, 0.25) is 0 Å². The van der Waals surface area contributed by atoms with Gasteiger partial charge in [-0.1, -0.05) is 91.0 Å². The molecule has 0 bridgehead atoms. The van der Waals surface area contributed by atoms with E-state index in [4.69, 9.17) is 14.2 Å². The van der Waals surface area contributed by atoms with Crippen molar-refractivity contribution >= 4 is 0 Å². The third-order valence-electron chi connectivity index (χ3n) is 5.63. The van der Waals surface area contributed by atoms with Crippen LogP contribution in [0.15, 0.2) is 91.0 Å². The number of hydrogen-bond donors (Lipinski definition) is 0. The first kappa shape index (κ1) is 21.7. The number of benzene rings is 3. The molecule has 31 heavy (non-hydrogen) atoms. The Hall–Kier alpha value is -2.50. The van der Waals surface area contributed by atoms with Crippen LogP contribution in [-0.4, -0.2) is 36.9 Å². The highest BCUT2D eigenvalue weighted by atomic mass is 16.7. The van der Waals surface area contributed by atoms with Gasteiger partial charge in [-0.2, -0.15) is 0 Å². The summed E-state index contributed by atoms with van der Waals surface area (Å²) >= 11 is 0. The van der Waals surface area contributed by atoms with Crippen LogP contribution in [-0.2, 0) is 34.0 Å². The van der Waals surface area contributed by atoms with Crippen molar-refractivity contribution in [2.45, 2.75) is 32.0 Å². The van der Waals surface area contributed by atoms with E-state index < -0.39 is 5.79 Å². The monoisotopic (exact) mass is 417 g/mol. The van der Waals surface area contributed by atoms with Crippen LogP contribution in [0.2, 0.25) is 0 Å². The lowest BCUT2D eigenvalue weighted by atomic mass is 10.2. The average molecular weight is 418 g/mol. The number of hydrogen-bond acceptors (Lipinski definition) is 4. The van der Waals surface area contributed by atoms with Crippen LogP contribution in [0.1, 0.15) is 23.1 Å². The zero-order valence-corrected chi connectivity index (χ0v) is 18.0. The lowest BCUT2D eigenvalue weighted by Crippen LogP contribution is -2.39. The van der Waals surface area contributed by atoms with Crippen molar-refractivity contribution in [3.05, 3.63) is 108 Å². The summed E-state index contributed by atoms with van der Waals surface area (Å²) in [5.74, 6) is -0.592. The summed E-state index contributed by atoms with van der Waals surface area (Å²) < 4.78 is 18.7. The Morgan fingerprint density at radius 1 is 0.645 bits per heavy atom. The number of likely N-dealkylation sites (tertiary alicyclic amines) is 1. The minimum atomic E-state index is -0.592. The van der Waals surface area contributed by atoms with Gasteiger partial charge in [-0.05, 0) is 16.7 Å². The number of nitrogens with zero attached hydrogens (tertiary/aromatic N) is 1. The quantitative estimate of drug-likeness (QED) is 0.323. The van der Waals surface area contributed by atoms with Crippen molar-refractivity contribution in [1.82, 2.24) is 4.90 Å². The maximum Gasteiger partial charge on any atom is 0.182 e. The fourth-order valence-corrected chi connectivity index (χ4v) is 3.83. The Bertz CT molecular complexity index is 843. The summed E-state index contributed by atoms with van der Waals surface area (Å²) in [5, 5.41) is 0. The Kier molecular flexibility index (Phi) is 7.86. The molecular weight excluding hydrogens is 386 g/mol. The van der Waals surface area contributed by atoms with E-state index in [1.807, 2.05) is 54.6 Å². The van der Waals surface area contributed by atoms with Crippen LogP contribution >= 0.6 is 0 Å². The molecule has 1 heterocycles. The fourth-order valence-electron chi connectivity index (χ4n) is 3.83. The predicted octanol–water partition coefficient (Wildman–Crippen LogP) is 5.04. The van der Waals surface area contributed by atoms with Crippen LogP contribution in [0.4, 0.5) is 0 Å². The fraction of sp³-hybridized carbons (Fsp3) is 0.333. The van der Waals surface area contributed by atoms with Gasteiger partial charge in [0.05, 0.1) is 33.0 Å². The first-order valence-electron chi connectivity index (χ1n) is 11.0. The van der Waals surface area contributed by atoms with Crippen LogP contribution in [0, 0.1) is 0 Å². The molecule has 1 aliphatic rings. The zero-order chi connectivity index (χ0) is 21.2. The van der Waals surface area contributed by atoms with Gasteiger partial charge in [-0.3, -0.25) is 4.90 Å². The predicted molar refractivity (Wildman–Crippen MR) is 122 cm³/mol. The lowest BCUT2D eigenvalue weighted by Gasteiger charge is -2.30. The van der Waals surface area contributed by atoms with Crippen molar-refractivity contribution in [3.63, 3.8) is 0 Å². The van der Waals surface area contributed by atoms with E-state index in [9.17, 15) is 0 Å². The van der Waals surface area contributed by atoms with E-state index in [1.54, 1.807) is 0 Å². The molecule has 3 aromatic rings. The second-order valence-electron chi connectivity index (χ2n) is 8.02. The lowest BCUT2D eigenvalue weighted by molar-refractivity contribution is -0.241. The average Bonchev–Trinajstić information content (AvgIpc) is 3.25. The molecule has 1 saturated heterocycles. The van der Waals surface area contributed by atoms with Gasteiger partial charge in [0.15, 0.2) is 5.79 Å². The summed E-state index contributed by atoms with van der Waals surface area (Å²) in [4.78, 5) is 2.38. The van der Waals surface area contributed by atoms with Crippen LogP contribution in [0.3, 0.4) is 0 Å². The molecule has 1 aliphatic heterocycles. The van der Waals surface area contributed by atoms with Gasteiger partial charge in [0, 0.05) is 19.5 Å². The Morgan fingerprint density at radius 3 is 1.65 bits per heavy atom. The van der Waals surface area contributed by atoms with Gasteiger partial charge in [0.1, 0.15) is 0 Å². The van der Waals surface area contributed by atoms with E-state index in [1.165, 1.54) is 5.56 Å². The molecule has 162 valence electrons. The maximum atomic E-state index is 6.40. The first-order chi connectivity index (χ1) is 15.3. The highest BCUT2D eigenvalue weighted by molar-refractivity contribution is 5.15. The molecule has 0 atom stereocenters. The normalized spacial score (nSPS) is 15.9. The second-order valence-corrected chi connectivity index (χ2v) is 8.02. The molecule has 0 saturated carbocycles. The van der Waals surface area contributed by atoms with Gasteiger partial charge < -0.3 is 14.2 Å². The molecule has 0 spiro atoms. The molecule has 0 radical (unpaired) electrons. The first-order valence-corrected chi connectivity index (χ1v) is 11.0. The Morgan fingerprint density at radius 2 is 1.13 bits per heavy atom. The van der Waals surface area contributed by atoms with Crippen LogP contribution < -0.4 is 0 Å². The summed E-state index contributed by atoms with van der Waals surface area (Å²) in [5.41, 5.74) is 3.53.